The number of hydrogen-bond donors (Lipinski definition) is 1. The highest BCUT2D eigenvalue weighted by atomic mass is 35.5. The van der Waals surface area contributed by atoms with Crippen LogP contribution in [-0.2, 0) is 30.6 Å². The molecule has 210 valence electrons. The first-order valence-electron chi connectivity index (χ1n) is 14.1. The van der Waals surface area contributed by atoms with E-state index in [4.69, 9.17) is 23.2 Å². The Morgan fingerprint density at radius 1 is 0.714 bits per heavy atom. The standard InChI is InChI=1S/C35H28Cl2N2O3/c1-21(23-14-6-3-7-15-23)38-31(40)28(20-22-12-4-2-5-13-22)39-32(41)29-30(33(39)42)35(37)25-17-9-8-16-24(25)34(29,36)26-18-10-11-19-27(26)35/h2-19,21,28-30H,20H2,1H3,(H,38,40)/t21-,28-,29-,30-,34?,35?/m0/s1. The predicted molar refractivity (Wildman–Crippen MR) is 162 cm³/mol. The molecule has 1 aliphatic heterocycles. The topological polar surface area (TPSA) is 66.5 Å². The van der Waals surface area contributed by atoms with Gasteiger partial charge in [0.2, 0.25) is 17.7 Å². The zero-order chi connectivity index (χ0) is 29.2. The third-order valence-corrected chi connectivity index (χ3v) is 10.4. The first-order valence-corrected chi connectivity index (χ1v) is 14.9. The van der Waals surface area contributed by atoms with E-state index in [1.807, 2.05) is 116 Å². The second-order valence-corrected chi connectivity index (χ2v) is 12.6. The van der Waals surface area contributed by atoms with Crippen LogP contribution in [0.25, 0.3) is 0 Å². The molecule has 1 fully saturated rings. The molecular weight excluding hydrogens is 567 g/mol. The SMILES string of the molecule is C[C@H](NC(=O)[C@H](Cc1ccccc1)N1C(=O)[C@@H]2[C@@H](C1=O)C1(Cl)c3ccccc3C2(Cl)c2ccccc21)c1ccccc1. The number of rotatable bonds is 6. The van der Waals surface area contributed by atoms with Crippen LogP contribution >= 0.6 is 23.2 Å². The van der Waals surface area contributed by atoms with E-state index in [1.54, 1.807) is 0 Å². The molecule has 0 radical (unpaired) electrons. The van der Waals surface area contributed by atoms with Crippen molar-refractivity contribution in [3.8, 4) is 0 Å². The van der Waals surface area contributed by atoms with Gasteiger partial charge < -0.3 is 5.32 Å². The summed E-state index contributed by atoms with van der Waals surface area (Å²) in [5, 5.41) is 3.06. The fraction of sp³-hybridized carbons (Fsp3) is 0.229. The van der Waals surface area contributed by atoms with Crippen LogP contribution in [0.15, 0.2) is 109 Å². The third-order valence-electron chi connectivity index (χ3n) is 9.16. The zero-order valence-electron chi connectivity index (χ0n) is 22.8. The Morgan fingerprint density at radius 2 is 1.12 bits per heavy atom. The molecule has 2 bridgehead atoms. The lowest BCUT2D eigenvalue weighted by Gasteiger charge is -2.54. The number of likely N-dealkylation sites (tertiary alicyclic amines) is 1. The largest absolute Gasteiger partial charge is 0.348 e. The molecule has 0 unspecified atom stereocenters. The molecule has 3 aliphatic carbocycles. The lowest BCUT2D eigenvalue weighted by Crippen LogP contribution is -2.57. The molecule has 3 amide bonds. The van der Waals surface area contributed by atoms with Crippen molar-refractivity contribution in [3.63, 3.8) is 0 Å². The quantitative estimate of drug-likeness (QED) is 0.218. The van der Waals surface area contributed by atoms with Gasteiger partial charge in [0, 0.05) is 6.42 Å². The van der Waals surface area contributed by atoms with Crippen LogP contribution in [0.1, 0.15) is 46.3 Å². The van der Waals surface area contributed by atoms with Crippen LogP contribution in [0, 0.1) is 11.8 Å². The second-order valence-electron chi connectivity index (χ2n) is 11.4. The number of nitrogens with one attached hydrogen (secondary N) is 1. The Hall–Kier alpha value is -3.93. The Morgan fingerprint density at radius 3 is 1.57 bits per heavy atom. The monoisotopic (exact) mass is 594 g/mol. The van der Waals surface area contributed by atoms with Gasteiger partial charge in [0.05, 0.1) is 17.9 Å². The Kier molecular flexibility index (Phi) is 6.30. The zero-order valence-corrected chi connectivity index (χ0v) is 24.3. The molecule has 7 heteroatoms. The summed E-state index contributed by atoms with van der Waals surface area (Å²) < 4.78 is 0. The van der Waals surface area contributed by atoms with Gasteiger partial charge in [0.1, 0.15) is 15.8 Å². The molecule has 0 saturated carbocycles. The summed E-state index contributed by atoms with van der Waals surface area (Å²) in [7, 11) is 0. The van der Waals surface area contributed by atoms with Crippen LogP contribution in [0.4, 0.5) is 0 Å². The van der Waals surface area contributed by atoms with Gasteiger partial charge in [0.25, 0.3) is 0 Å². The number of imide groups is 1. The van der Waals surface area contributed by atoms with E-state index in [0.717, 1.165) is 38.3 Å². The predicted octanol–water partition coefficient (Wildman–Crippen LogP) is 6.07. The normalized spacial score (nSPS) is 26.7. The van der Waals surface area contributed by atoms with Crippen molar-refractivity contribution in [2.45, 2.75) is 35.2 Å². The average Bonchev–Trinajstić information content (AvgIpc) is 3.30. The number of carbonyl (C=O) groups excluding carboxylic acids is 3. The maximum absolute atomic E-state index is 14.6. The summed E-state index contributed by atoms with van der Waals surface area (Å²) >= 11 is 15.2. The summed E-state index contributed by atoms with van der Waals surface area (Å²) in [6, 6.07) is 32.6. The van der Waals surface area contributed by atoms with E-state index in [9.17, 15) is 14.4 Å². The number of amides is 3. The number of nitrogens with zero attached hydrogens (tertiary/aromatic N) is 1. The third kappa shape index (κ3) is 3.66. The molecule has 1 heterocycles. The number of alkyl halides is 2. The van der Waals surface area contributed by atoms with Gasteiger partial charge in [-0.2, -0.15) is 0 Å². The van der Waals surface area contributed by atoms with Crippen molar-refractivity contribution < 1.29 is 14.4 Å². The van der Waals surface area contributed by atoms with E-state index in [1.165, 1.54) is 0 Å². The molecule has 4 atom stereocenters. The van der Waals surface area contributed by atoms with Gasteiger partial charge in [-0.15, -0.1) is 23.2 Å². The van der Waals surface area contributed by atoms with E-state index in [2.05, 4.69) is 5.32 Å². The Labute approximate surface area is 254 Å². The van der Waals surface area contributed by atoms with Crippen LogP contribution in [-0.4, -0.2) is 28.7 Å². The lowest BCUT2D eigenvalue weighted by atomic mass is 9.54. The van der Waals surface area contributed by atoms with Gasteiger partial charge in [0.15, 0.2) is 0 Å². The molecule has 1 N–H and O–H groups in total. The summed E-state index contributed by atoms with van der Waals surface area (Å²) in [4.78, 5) is 41.8. The van der Waals surface area contributed by atoms with E-state index in [0.29, 0.717) is 0 Å². The molecule has 4 aromatic carbocycles. The minimum Gasteiger partial charge on any atom is -0.348 e. The van der Waals surface area contributed by atoms with E-state index >= 15 is 0 Å². The molecule has 4 aromatic rings. The molecule has 42 heavy (non-hydrogen) atoms. The van der Waals surface area contributed by atoms with Crippen LogP contribution < -0.4 is 5.32 Å². The van der Waals surface area contributed by atoms with Crippen LogP contribution in [0.5, 0.6) is 0 Å². The van der Waals surface area contributed by atoms with Crippen molar-refractivity contribution in [3.05, 3.63) is 143 Å². The molecular formula is C35H28Cl2N2O3. The summed E-state index contributed by atoms with van der Waals surface area (Å²) in [5.74, 6) is -3.29. The van der Waals surface area contributed by atoms with Gasteiger partial charge in [-0.1, -0.05) is 109 Å². The van der Waals surface area contributed by atoms with Crippen molar-refractivity contribution in [1.29, 1.82) is 0 Å². The van der Waals surface area contributed by atoms with Crippen LogP contribution in [0.3, 0.4) is 0 Å². The van der Waals surface area contributed by atoms with Gasteiger partial charge >= 0.3 is 0 Å². The molecule has 1 saturated heterocycles. The Balaban J connectivity index is 1.34. The number of benzene rings is 4. The van der Waals surface area contributed by atoms with Crippen molar-refractivity contribution in [2.24, 2.45) is 11.8 Å². The molecule has 8 rings (SSSR count). The second kappa shape index (κ2) is 9.82. The number of carbonyl (C=O) groups is 3. The minimum atomic E-state index is -1.30. The first-order chi connectivity index (χ1) is 20.3. The molecule has 4 aliphatic rings. The lowest BCUT2D eigenvalue weighted by molar-refractivity contribution is -0.148. The Bertz CT molecular complexity index is 1600. The van der Waals surface area contributed by atoms with Crippen LogP contribution in [0.2, 0.25) is 0 Å². The highest BCUT2D eigenvalue weighted by Crippen LogP contribution is 2.69. The molecule has 5 nitrogen and oxygen atoms in total. The fourth-order valence-electron chi connectivity index (χ4n) is 7.27. The summed E-state index contributed by atoms with van der Waals surface area (Å²) in [6.07, 6.45) is 0.162. The highest BCUT2D eigenvalue weighted by Gasteiger charge is 2.73. The van der Waals surface area contributed by atoms with Gasteiger partial charge in [-0.3, -0.25) is 19.3 Å². The van der Waals surface area contributed by atoms with Crippen molar-refractivity contribution >= 4 is 40.9 Å². The fourth-order valence-corrected chi connectivity index (χ4v) is 8.37. The van der Waals surface area contributed by atoms with Crippen molar-refractivity contribution in [2.75, 3.05) is 0 Å². The highest BCUT2D eigenvalue weighted by molar-refractivity contribution is 6.36. The minimum absolute atomic E-state index is 0.162. The van der Waals surface area contributed by atoms with Crippen molar-refractivity contribution in [1.82, 2.24) is 10.2 Å². The number of hydrogen-bond acceptors (Lipinski definition) is 3. The molecule has 0 aromatic heterocycles. The summed E-state index contributed by atoms with van der Waals surface area (Å²) in [5.41, 5.74) is 4.66. The van der Waals surface area contributed by atoms with Gasteiger partial charge in [-0.05, 0) is 40.3 Å². The smallest absolute Gasteiger partial charge is 0.244 e. The average molecular weight is 596 g/mol. The summed E-state index contributed by atoms with van der Waals surface area (Å²) in [6.45, 7) is 1.88. The maximum atomic E-state index is 14.6. The van der Waals surface area contributed by atoms with E-state index < -0.39 is 45.3 Å². The van der Waals surface area contributed by atoms with E-state index in [-0.39, 0.29) is 12.5 Å². The first kappa shape index (κ1) is 26.9. The number of halogens is 2. The molecule has 0 spiro atoms. The van der Waals surface area contributed by atoms with Gasteiger partial charge in [-0.25, -0.2) is 0 Å². The maximum Gasteiger partial charge on any atom is 0.244 e.